The van der Waals surface area contributed by atoms with Gasteiger partial charge in [-0.3, -0.25) is 4.79 Å². The van der Waals surface area contributed by atoms with E-state index in [1.807, 2.05) is 6.92 Å². The summed E-state index contributed by atoms with van der Waals surface area (Å²) >= 11 is 12.6. The third kappa shape index (κ3) is 3.88. The lowest BCUT2D eigenvalue weighted by Gasteiger charge is -2.40. The van der Waals surface area contributed by atoms with Crippen molar-refractivity contribution >= 4 is 34.9 Å². The molecule has 30 heavy (non-hydrogen) atoms. The topological polar surface area (TPSA) is 92.3 Å². The van der Waals surface area contributed by atoms with Gasteiger partial charge in [-0.1, -0.05) is 36.0 Å². The molecular formula is C22H26Cl2N4O2. The number of rotatable bonds is 4. The molecule has 1 spiro atoms. The minimum atomic E-state index is -0.603. The molecule has 0 unspecified atom stereocenters. The maximum atomic E-state index is 11.7. The highest BCUT2D eigenvalue weighted by Crippen LogP contribution is 2.47. The van der Waals surface area contributed by atoms with Gasteiger partial charge in [0.15, 0.2) is 5.82 Å². The second kappa shape index (κ2) is 8.33. The van der Waals surface area contributed by atoms with Crippen molar-refractivity contribution in [3.63, 3.8) is 0 Å². The van der Waals surface area contributed by atoms with Crippen LogP contribution in [0.25, 0.3) is 11.3 Å². The first-order chi connectivity index (χ1) is 14.3. The van der Waals surface area contributed by atoms with Crippen LogP contribution in [0.5, 0.6) is 0 Å². The first-order valence-electron chi connectivity index (χ1n) is 10.4. The first kappa shape index (κ1) is 21.3. The molecular weight excluding hydrogens is 423 g/mol. The van der Waals surface area contributed by atoms with Gasteiger partial charge in [0, 0.05) is 24.2 Å². The molecule has 2 fully saturated rings. The van der Waals surface area contributed by atoms with Gasteiger partial charge in [-0.15, -0.1) is 0 Å². The molecule has 2 heterocycles. The van der Waals surface area contributed by atoms with E-state index in [0.29, 0.717) is 28.1 Å². The van der Waals surface area contributed by atoms with E-state index in [2.05, 4.69) is 9.88 Å². The molecule has 1 amide bonds. The monoisotopic (exact) mass is 448 g/mol. The minimum absolute atomic E-state index is 0.219. The number of carbonyl (C=O) groups excluding carboxylic acids is 1. The summed E-state index contributed by atoms with van der Waals surface area (Å²) in [6.45, 7) is 3.45. The molecule has 1 saturated carbocycles. The second-order valence-electron chi connectivity index (χ2n) is 8.46. The molecule has 1 aromatic carbocycles. The number of anilines is 1. The van der Waals surface area contributed by atoms with E-state index in [1.54, 1.807) is 6.07 Å². The lowest BCUT2D eigenvalue weighted by atomic mass is 9.77. The zero-order valence-corrected chi connectivity index (χ0v) is 18.6. The van der Waals surface area contributed by atoms with Gasteiger partial charge in [-0.2, -0.15) is 0 Å². The van der Waals surface area contributed by atoms with Gasteiger partial charge in [0.2, 0.25) is 5.91 Å². The highest BCUT2D eigenvalue weighted by molar-refractivity contribution is 6.44. The smallest absolute Gasteiger partial charge is 0.248 e. The summed E-state index contributed by atoms with van der Waals surface area (Å²) in [6, 6.07) is 3.01. The predicted octanol–water partition coefficient (Wildman–Crippen LogP) is 4.51. The van der Waals surface area contributed by atoms with E-state index < -0.39 is 5.91 Å². The number of carbonyl (C=O) groups is 1. The largest absolute Gasteiger partial charge is 0.390 e. The number of aryl methyl sites for hydroxylation is 1. The van der Waals surface area contributed by atoms with Gasteiger partial charge in [0.1, 0.15) is 5.69 Å². The van der Waals surface area contributed by atoms with Gasteiger partial charge in [-0.25, -0.2) is 9.97 Å². The Morgan fingerprint density at radius 3 is 2.43 bits per heavy atom. The van der Waals surface area contributed by atoms with Crippen LogP contribution in [-0.2, 0) is 6.61 Å². The fraction of sp³-hybridized carbons (Fsp3) is 0.500. The Kier molecular flexibility index (Phi) is 5.93. The summed E-state index contributed by atoms with van der Waals surface area (Å²) in [7, 11) is 0. The van der Waals surface area contributed by atoms with Crippen molar-refractivity contribution < 1.29 is 9.90 Å². The quantitative estimate of drug-likeness (QED) is 0.717. The highest BCUT2D eigenvalue weighted by atomic mass is 35.5. The molecule has 2 aromatic rings. The normalized spacial score (nSPS) is 18.2. The first-order valence-corrected chi connectivity index (χ1v) is 11.1. The van der Waals surface area contributed by atoms with Crippen LogP contribution in [0.2, 0.25) is 10.0 Å². The van der Waals surface area contributed by atoms with E-state index in [9.17, 15) is 9.90 Å². The number of nitrogens with zero attached hydrogens (tertiary/aromatic N) is 3. The van der Waals surface area contributed by atoms with Crippen molar-refractivity contribution in [2.45, 2.75) is 52.1 Å². The van der Waals surface area contributed by atoms with Crippen LogP contribution >= 0.6 is 23.2 Å². The summed E-state index contributed by atoms with van der Waals surface area (Å²) in [5.41, 5.74) is 8.28. The van der Waals surface area contributed by atoms with E-state index >= 15 is 0 Å². The van der Waals surface area contributed by atoms with E-state index in [4.69, 9.17) is 33.9 Å². The van der Waals surface area contributed by atoms with Gasteiger partial charge in [0.25, 0.3) is 0 Å². The van der Waals surface area contributed by atoms with Crippen molar-refractivity contribution in [1.82, 2.24) is 9.97 Å². The zero-order chi connectivity index (χ0) is 21.5. The molecule has 0 atom stereocenters. The minimum Gasteiger partial charge on any atom is -0.390 e. The second-order valence-corrected chi connectivity index (χ2v) is 9.25. The van der Waals surface area contributed by atoms with Gasteiger partial charge in [-0.05, 0) is 50.2 Å². The zero-order valence-electron chi connectivity index (χ0n) is 17.0. The fourth-order valence-electron chi connectivity index (χ4n) is 4.88. The van der Waals surface area contributed by atoms with Crippen molar-refractivity contribution in [1.29, 1.82) is 0 Å². The molecule has 160 valence electrons. The molecule has 4 rings (SSSR count). The van der Waals surface area contributed by atoms with Gasteiger partial charge >= 0.3 is 0 Å². The molecule has 3 N–H and O–H groups in total. The lowest BCUT2D eigenvalue weighted by Crippen LogP contribution is -2.40. The molecule has 6 nitrogen and oxygen atoms in total. The Morgan fingerprint density at radius 1 is 1.17 bits per heavy atom. The summed E-state index contributed by atoms with van der Waals surface area (Å²) in [5, 5.41) is 10.5. The number of amides is 1. The number of aliphatic hydroxyl groups excluding tert-OH is 1. The van der Waals surface area contributed by atoms with Crippen LogP contribution < -0.4 is 10.6 Å². The molecule has 0 radical (unpaired) electrons. The SMILES string of the molecule is Cc1nc(N2CCC3(CCCC3)CC2)c(CO)nc1-c1cc(C(N)=O)cc(Cl)c1Cl. The Bertz CT molecular complexity index is 980. The molecule has 1 saturated heterocycles. The van der Waals surface area contributed by atoms with Gasteiger partial charge < -0.3 is 15.7 Å². The molecule has 0 bridgehead atoms. The molecule has 1 aromatic heterocycles. The van der Waals surface area contributed by atoms with Crippen molar-refractivity contribution in [3.8, 4) is 11.3 Å². The number of piperidine rings is 1. The Labute approximate surface area is 186 Å². The van der Waals surface area contributed by atoms with Crippen LogP contribution in [0.15, 0.2) is 12.1 Å². The Morgan fingerprint density at radius 2 is 1.83 bits per heavy atom. The number of benzene rings is 1. The van der Waals surface area contributed by atoms with Crippen LogP contribution in [0.1, 0.15) is 60.3 Å². The Balaban J connectivity index is 1.69. The van der Waals surface area contributed by atoms with Crippen molar-refractivity contribution in [2.75, 3.05) is 18.0 Å². The number of hydrogen-bond acceptors (Lipinski definition) is 5. The average molecular weight is 449 g/mol. The predicted molar refractivity (Wildman–Crippen MR) is 119 cm³/mol. The molecule has 8 heteroatoms. The average Bonchev–Trinajstić information content (AvgIpc) is 3.18. The maximum absolute atomic E-state index is 11.7. The third-order valence-electron chi connectivity index (χ3n) is 6.63. The maximum Gasteiger partial charge on any atom is 0.248 e. The van der Waals surface area contributed by atoms with Crippen LogP contribution in [-0.4, -0.2) is 34.1 Å². The molecule has 1 aliphatic heterocycles. The standard InChI is InChI=1S/C22H26Cl2N4O2/c1-13-19(15-10-14(20(25)30)11-16(23)18(15)24)27-17(12-29)21(26-13)28-8-6-22(7-9-28)4-2-3-5-22/h10-11,29H,2-9,12H2,1H3,(H2,25,30). The summed E-state index contributed by atoms with van der Waals surface area (Å²) in [6.07, 6.45) is 7.64. The number of halogens is 2. The number of aliphatic hydroxyl groups is 1. The molecule has 2 aliphatic rings. The van der Waals surface area contributed by atoms with E-state index in [-0.39, 0.29) is 22.2 Å². The highest BCUT2D eigenvalue weighted by Gasteiger charge is 2.37. The van der Waals surface area contributed by atoms with Crippen LogP contribution in [0.3, 0.4) is 0 Å². The number of primary amides is 1. The van der Waals surface area contributed by atoms with Crippen LogP contribution in [0.4, 0.5) is 5.82 Å². The lowest BCUT2D eigenvalue weighted by molar-refractivity contribution is 0.100. The fourth-order valence-corrected chi connectivity index (χ4v) is 5.30. The van der Waals surface area contributed by atoms with Crippen molar-refractivity contribution in [3.05, 3.63) is 39.1 Å². The summed E-state index contributed by atoms with van der Waals surface area (Å²) in [5.74, 6) is 0.119. The summed E-state index contributed by atoms with van der Waals surface area (Å²) < 4.78 is 0. The van der Waals surface area contributed by atoms with Gasteiger partial charge in [0.05, 0.1) is 28.0 Å². The number of nitrogens with two attached hydrogens (primary N) is 1. The van der Waals surface area contributed by atoms with Crippen LogP contribution in [0, 0.1) is 12.3 Å². The summed E-state index contributed by atoms with van der Waals surface area (Å²) in [4.78, 5) is 23.4. The number of aromatic nitrogens is 2. The number of hydrogen-bond donors (Lipinski definition) is 2. The molecule has 1 aliphatic carbocycles. The van der Waals surface area contributed by atoms with E-state index in [0.717, 1.165) is 31.7 Å². The third-order valence-corrected chi connectivity index (χ3v) is 7.43. The Hall–Kier alpha value is -1.89. The van der Waals surface area contributed by atoms with Crippen molar-refractivity contribution in [2.24, 2.45) is 11.1 Å². The van der Waals surface area contributed by atoms with E-state index in [1.165, 1.54) is 31.7 Å².